The van der Waals surface area contributed by atoms with Crippen LogP contribution in [0.15, 0.2) is 24.3 Å². The van der Waals surface area contributed by atoms with Gasteiger partial charge in [-0.05, 0) is 37.9 Å². The molecule has 0 bridgehead atoms. The number of benzene rings is 1. The van der Waals surface area contributed by atoms with E-state index in [-0.39, 0.29) is 18.4 Å². The van der Waals surface area contributed by atoms with E-state index in [2.05, 4.69) is 5.32 Å². The molecule has 0 atom stereocenters. The van der Waals surface area contributed by atoms with E-state index < -0.39 is 0 Å². The van der Waals surface area contributed by atoms with Crippen LogP contribution in [-0.2, 0) is 9.59 Å². The predicted octanol–water partition coefficient (Wildman–Crippen LogP) is 1.37. The van der Waals surface area contributed by atoms with Gasteiger partial charge in [0.15, 0.2) is 6.61 Å². The molecule has 0 aromatic heterocycles. The number of carbonyl (C=O) groups excluding carboxylic acids is 2. The molecule has 2 rings (SSSR count). The molecule has 6 nitrogen and oxygen atoms in total. The zero-order chi connectivity index (χ0) is 15.8. The Kier molecular flexibility index (Phi) is 6.21. The van der Waals surface area contributed by atoms with Crippen LogP contribution in [0.4, 0.5) is 5.69 Å². The maximum absolute atomic E-state index is 11.9. The Labute approximate surface area is 130 Å². The third-order valence-corrected chi connectivity index (χ3v) is 3.55. The van der Waals surface area contributed by atoms with Gasteiger partial charge in [-0.15, -0.1) is 0 Å². The van der Waals surface area contributed by atoms with Crippen molar-refractivity contribution in [1.82, 2.24) is 4.90 Å². The Hall–Kier alpha value is -2.08. The summed E-state index contributed by atoms with van der Waals surface area (Å²) in [6.45, 7) is 2.17. The van der Waals surface area contributed by atoms with E-state index in [4.69, 9.17) is 10.5 Å². The highest BCUT2D eigenvalue weighted by atomic mass is 16.5. The molecule has 0 saturated carbocycles. The van der Waals surface area contributed by atoms with Crippen LogP contribution in [0, 0.1) is 0 Å². The average molecular weight is 305 g/mol. The average Bonchev–Trinajstić information content (AvgIpc) is 3.05. The third kappa shape index (κ3) is 5.04. The standard InChI is InChI=1S/C16H23N3O3/c17-8-4-7-15(20)18-13-5-3-6-14(11-13)22-12-16(21)19-9-1-2-10-19/h3,5-6,11H,1-2,4,7-10,12,17H2,(H,18,20). The number of hydrogen-bond acceptors (Lipinski definition) is 4. The van der Waals surface area contributed by atoms with Crippen LogP contribution in [0.2, 0.25) is 0 Å². The van der Waals surface area contributed by atoms with Crippen molar-refractivity contribution in [2.45, 2.75) is 25.7 Å². The molecule has 0 radical (unpaired) electrons. The molecule has 1 aliphatic heterocycles. The van der Waals surface area contributed by atoms with Crippen LogP contribution in [0.3, 0.4) is 0 Å². The van der Waals surface area contributed by atoms with Crippen molar-refractivity contribution in [3.8, 4) is 5.75 Å². The summed E-state index contributed by atoms with van der Waals surface area (Å²) in [5, 5.41) is 2.79. The van der Waals surface area contributed by atoms with E-state index in [0.717, 1.165) is 25.9 Å². The highest BCUT2D eigenvalue weighted by molar-refractivity contribution is 5.90. The van der Waals surface area contributed by atoms with Gasteiger partial charge in [0, 0.05) is 31.3 Å². The molecule has 22 heavy (non-hydrogen) atoms. The Balaban J connectivity index is 1.82. The van der Waals surface area contributed by atoms with Crippen molar-refractivity contribution in [3.05, 3.63) is 24.3 Å². The molecule has 3 N–H and O–H groups in total. The van der Waals surface area contributed by atoms with Gasteiger partial charge in [0.05, 0.1) is 0 Å². The number of ether oxygens (including phenoxy) is 1. The molecule has 6 heteroatoms. The van der Waals surface area contributed by atoms with E-state index in [1.165, 1.54) is 0 Å². The first-order chi connectivity index (χ1) is 10.7. The molecule has 0 spiro atoms. The monoisotopic (exact) mass is 305 g/mol. The van der Waals surface area contributed by atoms with Crippen molar-refractivity contribution >= 4 is 17.5 Å². The molecule has 1 aliphatic rings. The molecule has 2 amide bonds. The van der Waals surface area contributed by atoms with E-state index in [9.17, 15) is 9.59 Å². The van der Waals surface area contributed by atoms with Crippen molar-refractivity contribution < 1.29 is 14.3 Å². The Morgan fingerprint density at radius 2 is 2.05 bits per heavy atom. The second kappa shape index (κ2) is 8.38. The van der Waals surface area contributed by atoms with Gasteiger partial charge in [-0.1, -0.05) is 6.07 Å². The van der Waals surface area contributed by atoms with Crippen molar-refractivity contribution in [3.63, 3.8) is 0 Å². The smallest absolute Gasteiger partial charge is 0.260 e. The number of hydrogen-bond donors (Lipinski definition) is 2. The lowest BCUT2D eigenvalue weighted by molar-refractivity contribution is -0.132. The summed E-state index contributed by atoms with van der Waals surface area (Å²) in [7, 11) is 0. The van der Waals surface area contributed by atoms with Crippen LogP contribution in [0.5, 0.6) is 5.75 Å². The SMILES string of the molecule is NCCCC(=O)Nc1cccc(OCC(=O)N2CCCC2)c1. The third-order valence-electron chi connectivity index (χ3n) is 3.55. The van der Waals surface area contributed by atoms with Crippen LogP contribution in [-0.4, -0.2) is 43.0 Å². The molecule has 0 unspecified atom stereocenters. The summed E-state index contributed by atoms with van der Waals surface area (Å²) < 4.78 is 5.52. The number of rotatable bonds is 7. The Morgan fingerprint density at radius 1 is 1.27 bits per heavy atom. The summed E-state index contributed by atoms with van der Waals surface area (Å²) in [6.07, 6.45) is 3.19. The number of likely N-dealkylation sites (tertiary alicyclic amines) is 1. The van der Waals surface area contributed by atoms with Gasteiger partial charge >= 0.3 is 0 Å². The fourth-order valence-electron chi connectivity index (χ4n) is 2.35. The van der Waals surface area contributed by atoms with E-state index in [1.54, 1.807) is 24.3 Å². The van der Waals surface area contributed by atoms with Gasteiger partial charge < -0.3 is 20.7 Å². The number of nitrogens with one attached hydrogen (secondary N) is 1. The van der Waals surface area contributed by atoms with Crippen molar-refractivity contribution in [1.29, 1.82) is 0 Å². The van der Waals surface area contributed by atoms with Crippen LogP contribution in [0.1, 0.15) is 25.7 Å². The zero-order valence-electron chi connectivity index (χ0n) is 12.7. The number of amides is 2. The summed E-state index contributed by atoms with van der Waals surface area (Å²) in [4.78, 5) is 25.4. The molecule has 1 saturated heterocycles. The van der Waals surface area contributed by atoms with Crippen LogP contribution < -0.4 is 15.8 Å². The largest absolute Gasteiger partial charge is 0.484 e. The fraction of sp³-hybridized carbons (Fsp3) is 0.500. The second-order valence-corrected chi connectivity index (χ2v) is 5.34. The summed E-state index contributed by atoms with van der Waals surface area (Å²) in [5.74, 6) is 0.509. The maximum Gasteiger partial charge on any atom is 0.260 e. The first kappa shape index (κ1) is 16.3. The minimum atomic E-state index is -0.0734. The maximum atomic E-state index is 11.9. The van der Waals surface area contributed by atoms with Crippen molar-refractivity contribution in [2.24, 2.45) is 5.73 Å². The Morgan fingerprint density at radius 3 is 2.77 bits per heavy atom. The highest BCUT2D eigenvalue weighted by Crippen LogP contribution is 2.18. The van der Waals surface area contributed by atoms with Gasteiger partial charge in [-0.25, -0.2) is 0 Å². The quantitative estimate of drug-likeness (QED) is 0.796. The van der Waals surface area contributed by atoms with E-state index >= 15 is 0 Å². The number of nitrogens with zero attached hydrogens (tertiary/aromatic N) is 1. The fourth-order valence-corrected chi connectivity index (χ4v) is 2.35. The van der Waals surface area contributed by atoms with Crippen molar-refractivity contribution in [2.75, 3.05) is 31.6 Å². The second-order valence-electron chi connectivity index (χ2n) is 5.34. The van der Waals surface area contributed by atoms with Crippen LogP contribution in [0.25, 0.3) is 0 Å². The summed E-state index contributed by atoms with van der Waals surface area (Å²) >= 11 is 0. The lowest BCUT2D eigenvalue weighted by Crippen LogP contribution is -2.32. The first-order valence-corrected chi connectivity index (χ1v) is 7.69. The molecule has 1 aromatic rings. The lowest BCUT2D eigenvalue weighted by Gasteiger charge is -2.15. The van der Waals surface area contributed by atoms with Gasteiger partial charge in [0.2, 0.25) is 5.91 Å². The molecule has 1 heterocycles. The summed E-state index contributed by atoms with van der Waals surface area (Å²) in [6, 6.07) is 7.06. The van der Waals surface area contributed by atoms with Gasteiger partial charge in [0.25, 0.3) is 5.91 Å². The number of nitrogens with two attached hydrogens (primary N) is 1. The molecular weight excluding hydrogens is 282 g/mol. The molecule has 0 aliphatic carbocycles. The first-order valence-electron chi connectivity index (χ1n) is 7.69. The minimum Gasteiger partial charge on any atom is -0.484 e. The number of carbonyl (C=O) groups is 2. The van der Waals surface area contributed by atoms with E-state index in [1.807, 2.05) is 4.90 Å². The van der Waals surface area contributed by atoms with Gasteiger partial charge in [-0.2, -0.15) is 0 Å². The lowest BCUT2D eigenvalue weighted by atomic mass is 10.2. The topological polar surface area (TPSA) is 84.7 Å². The Bertz CT molecular complexity index is 513. The molecule has 1 aromatic carbocycles. The highest BCUT2D eigenvalue weighted by Gasteiger charge is 2.18. The van der Waals surface area contributed by atoms with Gasteiger partial charge in [0.1, 0.15) is 5.75 Å². The van der Waals surface area contributed by atoms with Gasteiger partial charge in [-0.3, -0.25) is 9.59 Å². The minimum absolute atomic E-state index is 0.00915. The normalized spacial score (nSPS) is 14.0. The zero-order valence-corrected chi connectivity index (χ0v) is 12.7. The molecule has 1 fully saturated rings. The predicted molar refractivity (Wildman–Crippen MR) is 84.7 cm³/mol. The van der Waals surface area contributed by atoms with Crippen LogP contribution >= 0.6 is 0 Å². The summed E-state index contributed by atoms with van der Waals surface area (Å²) in [5.41, 5.74) is 6.04. The molecule has 120 valence electrons. The number of anilines is 1. The molecular formula is C16H23N3O3. The van der Waals surface area contributed by atoms with E-state index in [0.29, 0.717) is 30.8 Å².